The Balaban J connectivity index is 2.91. The lowest BCUT2D eigenvalue weighted by atomic mass is 10.3. The Hall–Kier alpha value is -1.56. The second kappa shape index (κ2) is 3.90. The van der Waals surface area contributed by atoms with Gasteiger partial charge in [-0.3, -0.25) is 10.2 Å². The van der Waals surface area contributed by atoms with Gasteiger partial charge in [0.05, 0.1) is 0 Å². The number of hydrogen-bond acceptors (Lipinski definition) is 4. The summed E-state index contributed by atoms with van der Waals surface area (Å²) in [4.78, 5) is 14.6. The highest BCUT2D eigenvalue weighted by molar-refractivity contribution is 8.13. The summed E-state index contributed by atoms with van der Waals surface area (Å²) in [6.45, 7) is 0. The van der Waals surface area contributed by atoms with Gasteiger partial charge in [-0.15, -0.1) is 0 Å². The molecule has 1 rings (SSSR count). The van der Waals surface area contributed by atoms with Gasteiger partial charge in [-0.05, 0) is 23.9 Å². The molecular weight excluding hydrogens is 188 g/mol. The smallest absolute Gasteiger partial charge is 0.248 e. The van der Waals surface area contributed by atoms with Crippen molar-refractivity contribution >= 4 is 22.8 Å². The summed E-state index contributed by atoms with van der Waals surface area (Å²) in [5.74, 6) is -0.521. The minimum Gasteiger partial charge on any atom is -0.378 e. The zero-order valence-corrected chi connectivity index (χ0v) is 7.47. The van der Waals surface area contributed by atoms with E-state index in [2.05, 4.69) is 4.98 Å². The van der Waals surface area contributed by atoms with Crippen molar-refractivity contribution in [2.45, 2.75) is 5.03 Å². The summed E-state index contributed by atoms with van der Waals surface area (Å²) in [6.07, 6.45) is 1.45. The fourth-order valence-electron chi connectivity index (χ4n) is 0.731. The number of rotatable bonds is 2. The van der Waals surface area contributed by atoms with Gasteiger partial charge in [0.25, 0.3) is 0 Å². The van der Waals surface area contributed by atoms with Crippen LogP contribution in [0.2, 0.25) is 0 Å². The molecule has 0 saturated carbocycles. The SMILES string of the molecule is N=C(N)Sc1cc(C(N)=O)ccn1. The Morgan fingerprint density at radius 2 is 2.23 bits per heavy atom. The van der Waals surface area contributed by atoms with E-state index >= 15 is 0 Å². The van der Waals surface area contributed by atoms with Gasteiger partial charge < -0.3 is 11.5 Å². The van der Waals surface area contributed by atoms with E-state index in [1.807, 2.05) is 0 Å². The number of nitrogens with zero attached hydrogens (tertiary/aromatic N) is 1. The lowest BCUT2D eigenvalue weighted by Gasteiger charge is -1.99. The van der Waals surface area contributed by atoms with Gasteiger partial charge in [0.2, 0.25) is 5.91 Å². The number of carbonyl (C=O) groups excluding carboxylic acids is 1. The third-order valence-electron chi connectivity index (χ3n) is 1.23. The van der Waals surface area contributed by atoms with Gasteiger partial charge in [0, 0.05) is 11.8 Å². The molecule has 1 heterocycles. The highest BCUT2D eigenvalue weighted by Gasteiger charge is 2.03. The van der Waals surface area contributed by atoms with E-state index in [4.69, 9.17) is 16.9 Å². The molecule has 1 aromatic heterocycles. The summed E-state index contributed by atoms with van der Waals surface area (Å²) in [7, 11) is 0. The van der Waals surface area contributed by atoms with Gasteiger partial charge in [0.15, 0.2) is 5.17 Å². The van der Waals surface area contributed by atoms with Gasteiger partial charge in [-0.25, -0.2) is 4.98 Å². The van der Waals surface area contributed by atoms with Crippen LogP contribution >= 0.6 is 11.8 Å². The molecule has 6 heteroatoms. The van der Waals surface area contributed by atoms with Crippen LogP contribution in [-0.4, -0.2) is 16.1 Å². The van der Waals surface area contributed by atoms with E-state index in [0.29, 0.717) is 10.6 Å². The van der Waals surface area contributed by atoms with Crippen molar-refractivity contribution in [3.8, 4) is 0 Å². The Kier molecular flexibility index (Phi) is 2.86. The van der Waals surface area contributed by atoms with Gasteiger partial charge in [-0.1, -0.05) is 0 Å². The Morgan fingerprint density at radius 1 is 1.54 bits per heavy atom. The standard InChI is InChI=1S/C7H8N4OS/c8-6(12)4-1-2-11-5(3-4)13-7(9)10/h1-3H,(H2,8,12)(H3,9,10). The first-order valence-electron chi connectivity index (χ1n) is 3.37. The minimum absolute atomic E-state index is 0.0749. The number of nitrogens with two attached hydrogens (primary N) is 2. The number of pyridine rings is 1. The van der Waals surface area contributed by atoms with Crippen molar-refractivity contribution in [3.63, 3.8) is 0 Å². The Labute approximate surface area is 79.0 Å². The fourth-order valence-corrected chi connectivity index (χ4v) is 1.26. The molecule has 0 aliphatic carbocycles. The molecule has 0 radical (unpaired) electrons. The largest absolute Gasteiger partial charge is 0.378 e. The molecule has 0 unspecified atom stereocenters. The highest BCUT2D eigenvalue weighted by Crippen LogP contribution is 2.14. The summed E-state index contributed by atoms with van der Waals surface area (Å²) in [6, 6.07) is 3.00. The number of carbonyl (C=O) groups is 1. The van der Waals surface area contributed by atoms with E-state index in [1.54, 1.807) is 0 Å². The van der Waals surface area contributed by atoms with Crippen molar-refractivity contribution in [1.29, 1.82) is 5.41 Å². The molecule has 0 aliphatic heterocycles. The summed E-state index contributed by atoms with van der Waals surface area (Å²) < 4.78 is 0. The van der Waals surface area contributed by atoms with Crippen LogP contribution in [0.15, 0.2) is 23.4 Å². The number of nitrogens with one attached hydrogen (secondary N) is 1. The average molecular weight is 196 g/mol. The van der Waals surface area contributed by atoms with E-state index in [1.165, 1.54) is 18.3 Å². The second-order valence-electron chi connectivity index (χ2n) is 2.21. The molecule has 0 saturated heterocycles. The number of thioether (sulfide) groups is 1. The maximum Gasteiger partial charge on any atom is 0.248 e. The van der Waals surface area contributed by atoms with Crippen LogP contribution in [0.5, 0.6) is 0 Å². The van der Waals surface area contributed by atoms with Gasteiger partial charge in [0.1, 0.15) is 5.03 Å². The Morgan fingerprint density at radius 3 is 2.77 bits per heavy atom. The average Bonchev–Trinajstić information content (AvgIpc) is 2.03. The molecule has 1 aromatic rings. The maximum absolute atomic E-state index is 10.7. The number of amides is 1. The number of hydrogen-bond donors (Lipinski definition) is 3. The number of aromatic nitrogens is 1. The molecule has 13 heavy (non-hydrogen) atoms. The lowest BCUT2D eigenvalue weighted by Crippen LogP contribution is -2.11. The van der Waals surface area contributed by atoms with Crippen molar-refractivity contribution in [2.24, 2.45) is 11.5 Å². The third-order valence-corrected chi connectivity index (χ3v) is 1.89. The van der Waals surface area contributed by atoms with Crippen LogP contribution in [0.4, 0.5) is 0 Å². The molecule has 5 N–H and O–H groups in total. The lowest BCUT2D eigenvalue weighted by molar-refractivity contribution is 0.1000. The zero-order valence-electron chi connectivity index (χ0n) is 6.65. The van der Waals surface area contributed by atoms with Crippen LogP contribution in [0.1, 0.15) is 10.4 Å². The van der Waals surface area contributed by atoms with Gasteiger partial charge >= 0.3 is 0 Å². The van der Waals surface area contributed by atoms with Crippen LogP contribution < -0.4 is 11.5 Å². The Bertz CT molecular complexity index is 352. The third kappa shape index (κ3) is 2.75. The first-order valence-corrected chi connectivity index (χ1v) is 4.19. The van der Waals surface area contributed by atoms with E-state index in [-0.39, 0.29) is 5.17 Å². The van der Waals surface area contributed by atoms with Crippen molar-refractivity contribution < 1.29 is 4.79 Å². The molecule has 5 nitrogen and oxygen atoms in total. The van der Waals surface area contributed by atoms with E-state index < -0.39 is 5.91 Å². The topological polar surface area (TPSA) is 106 Å². The fraction of sp³-hybridized carbons (Fsp3) is 0. The predicted octanol–water partition coefficient (Wildman–Crippen LogP) is 0.166. The summed E-state index contributed by atoms with van der Waals surface area (Å²) in [5.41, 5.74) is 10.6. The number of amidine groups is 1. The van der Waals surface area contributed by atoms with Crippen molar-refractivity contribution in [1.82, 2.24) is 4.98 Å². The normalized spacial score (nSPS) is 9.54. The minimum atomic E-state index is -0.521. The first-order chi connectivity index (χ1) is 6.09. The molecular formula is C7H8N4OS. The molecule has 0 aliphatic rings. The zero-order chi connectivity index (χ0) is 9.84. The molecule has 0 aromatic carbocycles. The second-order valence-corrected chi connectivity index (χ2v) is 3.28. The first kappa shape index (κ1) is 9.53. The van der Waals surface area contributed by atoms with Crippen LogP contribution in [-0.2, 0) is 0 Å². The molecule has 0 atom stereocenters. The maximum atomic E-state index is 10.7. The number of primary amides is 1. The molecule has 0 spiro atoms. The van der Waals surface area contributed by atoms with Gasteiger partial charge in [-0.2, -0.15) is 0 Å². The molecule has 68 valence electrons. The van der Waals surface area contributed by atoms with Crippen molar-refractivity contribution in [3.05, 3.63) is 23.9 Å². The molecule has 0 fully saturated rings. The van der Waals surface area contributed by atoms with Crippen LogP contribution in [0.25, 0.3) is 0 Å². The van der Waals surface area contributed by atoms with Crippen LogP contribution in [0.3, 0.4) is 0 Å². The monoisotopic (exact) mass is 196 g/mol. The van der Waals surface area contributed by atoms with E-state index in [9.17, 15) is 4.79 Å². The predicted molar refractivity (Wildman–Crippen MR) is 50.5 cm³/mol. The molecule has 0 bridgehead atoms. The summed E-state index contributed by atoms with van der Waals surface area (Å²) in [5, 5.41) is 7.41. The summed E-state index contributed by atoms with van der Waals surface area (Å²) >= 11 is 0.972. The molecule has 1 amide bonds. The van der Waals surface area contributed by atoms with E-state index in [0.717, 1.165) is 11.8 Å². The quantitative estimate of drug-likeness (QED) is 0.356. The highest BCUT2D eigenvalue weighted by atomic mass is 32.2. The van der Waals surface area contributed by atoms with Crippen LogP contribution in [0, 0.1) is 5.41 Å². The van der Waals surface area contributed by atoms with Crippen molar-refractivity contribution in [2.75, 3.05) is 0 Å².